The van der Waals surface area contributed by atoms with Gasteiger partial charge in [-0.25, -0.2) is 10.2 Å². The number of hydrogen-bond acceptors (Lipinski definition) is 3. The van der Waals surface area contributed by atoms with Gasteiger partial charge in [0.25, 0.3) is 0 Å². The third kappa shape index (κ3) is 6.57. The molecule has 1 rings (SSSR count). The lowest BCUT2D eigenvalue weighted by Crippen LogP contribution is -2.37. The van der Waals surface area contributed by atoms with E-state index < -0.39 is 0 Å². The lowest BCUT2D eigenvalue weighted by atomic mass is 9.83. The minimum atomic E-state index is -0.208. The van der Waals surface area contributed by atoms with Crippen LogP contribution in [0, 0.1) is 11.8 Å². The summed E-state index contributed by atoms with van der Waals surface area (Å²) in [5.41, 5.74) is 2.51. The van der Waals surface area contributed by atoms with Crippen LogP contribution in [0.25, 0.3) is 0 Å². The van der Waals surface area contributed by atoms with E-state index in [0.29, 0.717) is 5.92 Å². The first-order valence-electron chi connectivity index (χ1n) is 7.40. The van der Waals surface area contributed by atoms with Crippen LogP contribution in [-0.2, 0) is 0 Å². The highest BCUT2D eigenvalue weighted by Gasteiger charge is 2.18. The Morgan fingerprint density at radius 1 is 1.37 bits per heavy atom. The van der Waals surface area contributed by atoms with Crippen LogP contribution in [0.3, 0.4) is 0 Å². The minimum absolute atomic E-state index is 0.208. The van der Waals surface area contributed by atoms with E-state index >= 15 is 0 Å². The smallest absolute Gasteiger partial charge is 0.335 e. The van der Waals surface area contributed by atoms with Crippen molar-refractivity contribution in [1.29, 1.82) is 0 Å². The zero-order valence-electron chi connectivity index (χ0n) is 12.4. The first kappa shape index (κ1) is 16.0. The van der Waals surface area contributed by atoms with Crippen LogP contribution in [0.4, 0.5) is 4.79 Å². The second kappa shape index (κ2) is 8.91. The summed E-state index contributed by atoms with van der Waals surface area (Å²) in [4.78, 5) is 11.6. The molecule has 2 amide bonds. The molecule has 0 heterocycles. The average molecular weight is 268 g/mol. The average Bonchev–Trinajstić information content (AvgIpc) is 2.43. The minimum Gasteiger partial charge on any atom is -0.336 e. The summed E-state index contributed by atoms with van der Waals surface area (Å²) in [6, 6.07) is 0.000889. The van der Waals surface area contributed by atoms with Gasteiger partial charge in [-0.15, -0.1) is 0 Å². The molecule has 1 atom stereocenters. The molecule has 1 aliphatic rings. The summed E-state index contributed by atoms with van der Waals surface area (Å²) in [7, 11) is 1.88. The fourth-order valence-electron chi connectivity index (χ4n) is 2.38. The second-order valence-electron chi connectivity index (χ2n) is 5.53. The van der Waals surface area contributed by atoms with Gasteiger partial charge in [-0.3, -0.25) is 0 Å². The Balaban J connectivity index is 2.14. The number of nitrogens with one attached hydrogen (secondary N) is 3. The van der Waals surface area contributed by atoms with Gasteiger partial charge < -0.3 is 10.6 Å². The van der Waals surface area contributed by atoms with Crippen molar-refractivity contribution in [2.24, 2.45) is 16.9 Å². The molecule has 0 spiro atoms. The van der Waals surface area contributed by atoms with E-state index in [1.165, 1.54) is 25.7 Å². The molecular weight excluding hydrogens is 240 g/mol. The van der Waals surface area contributed by atoms with E-state index in [9.17, 15) is 4.79 Å². The number of carbonyl (C=O) groups is 1. The predicted molar refractivity (Wildman–Crippen MR) is 79.3 cm³/mol. The number of amides is 2. The van der Waals surface area contributed by atoms with E-state index in [1.54, 1.807) is 6.21 Å². The quantitative estimate of drug-likeness (QED) is 0.510. The van der Waals surface area contributed by atoms with Crippen molar-refractivity contribution < 1.29 is 4.79 Å². The van der Waals surface area contributed by atoms with Crippen LogP contribution < -0.4 is 16.1 Å². The van der Waals surface area contributed by atoms with Gasteiger partial charge >= 0.3 is 6.03 Å². The summed E-state index contributed by atoms with van der Waals surface area (Å²) in [6.07, 6.45) is 7.69. The van der Waals surface area contributed by atoms with Crippen molar-refractivity contribution in [3.05, 3.63) is 0 Å². The van der Waals surface area contributed by atoms with Gasteiger partial charge in [-0.1, -0.05) is 26.7 Å². The first-order valence-corrected chi connectivity index (χ1v) is 7.40. The molecule has 19 heavy (non-hydrogen) atoms. The van der Waals surface area contributed by atoms with Crippen LogP contribution >= 0.6 is 0 Å². The molecule has 0 aromatic heterocycles. The highest BCUT2D eigenvalue weighted by Crippen LogP contribution is 2.27. The molecule has 110 valence electrons. The maximum Gasteiger partial charge on any atom is 0.335 e. The van der Waals surface area contributed by atoms with Crippen LogP contribution in [0.5, 0.6) is 0 Å². The van der Waals surface area contributed by atoms with Gasteiger partial charge in [0, 0.05) is 18.8 Å². The molecule has 5 nitrogen and oxygen atoms in total. The van der Waals surface area contributed by atoms with E-state index in [0.717, 1.165) is 18.9 Å². The number of hydrazone groups is 1. The zero-order chi connectivity index (χ0) is 14.1. The standard InChI is InChI=1S/C14H28N4O/c1-4-13(15-3)10-17-18-14(19)16-9-12-7-5-11(2)6-8-12/h10-13,15H,4-9H2,1-3H3,(H2,16,18,19)/b17-10+. The Bertz CT molecular complexity index is 281. The fraction of sp³-hybridized carbons (Fsp3) is 0.857. The van der Waals surface area contributed by atoms with Crippen LogP contribution in [-0.4, -0.2) is 31.9 Å². The lowest BCUT2D eigenvalue weighted by molar-refractivity contribution is 0.233. The predicted octanol–water partition coefficient (Wildman–Crippen LogP) is 2.10. The summed E-state index contributed by atoms with van der Waals surface area (Å²) in [6.45, 7) is 5.13. The normalized spacial score (nSPS) is 25.2. The number of hydrogen-bond donors (Lipinski definition) is 3. The lowest BCUT2D eigenvalue weighted by Gasteiger charge is -2.26. The van der Waals surface area contributed by atoms with Crippen molar-refractivity contribution in [2.45, 2.75) is 52.0 Å². The van der Waals surface area contributed by atoms with Crippen LogP contribution in [0.1, 0.15) is 46.0 Å². The monoisotopic (exact) mass is 268 g/mol. The molecular formula is C14H28N4O. The largest absolute Gasteiger partial charge is 0.336 e. The molecule has 0 radical (unpaired) electrons. The fourth-order valence-corrected chi connectivity index (χ4v) is 2.38. The summed E-state index contributed by atoms with van der Waals surface area (Å²) in [5, 5.41) is 9.92. The first-order chi connectivity index (χ1) is 9.15. The number of rotatable bonds is 6. The summed E-state index contributed by atoms with van der Waals surface area (Å²) < 4.78 is 0. The van der Waals surface area contributed by atoms with Gasteiger partial charge in [0.2, 0.25) is 0 Å². The topological polar surface area (TPSA) is 65.5 Å². The molecule has 1 saturated carbocycles. The summed E-state index contributed by atoms with van der Waals surface area (Å²) in [5.74, 6) is 1.48. The molecule has 0 aromatic carbocycles. The van der Waals surface area contributed by atoms with Crippen molar-refractivity contribution in [3.63, 3.8) is 0 Å². The van der Waals surface area contributed by atoms with Crippen LogP contribution in [0.2, 0.25) is 0 Å². The molecule has 5 heteroatoms. The van der Waals surface area contributed by atoms with Gasteiger partial charge in [-0.2, -0.15) is 5.10 Å². The number of nitrogens with zero attached hydrogens (tertiary/aromatic N) is 1. The maximum atomic E-state index is 11.6. The molecule has 0 bridgehead atoms. The van der Waals surface area contributed by atoms with Crippen molar-refractivity contribution in [1.82, 2.24) is 16.1 Å². The molecule has 1 unspecified atom stereocenters. The summed E-state index contributed by atoms with van der Waals surface area (Å²) >= 11 is 0. The van der Waals surface area contributed by atoms with Gasteiger partial charge in [0.15, 0.2) is 0 Å². The van der Waals surface area contributed by atoms with Crippen LogP contribution in [0.15, 0.2) is 5.10 Å². The van der Waals surface area contributed by atoms with Gasteiger partial charge in [0.1, 0.15) is 0 Å². The molecule has 0 saturated heterocycles. The Morgan fingerprint density at radius 2 is 2.05 bits per heavy atom. The Morgan fingerprint density at radius 3 is 2.63 bits per heavy atom. The molecule has 0 aliphatic heterocycles. The Hall–Kier alpha value is -1.10. The Kier molecular flexibility index (Phi) is 7.48. The molecule has 3 N–H and O–H groups in total. The highest BCUT2D eigenvalue weighted by atomic mass is 16.2. The third-order valence-electron chi connectivity index (χ3n) is 3.92. The SMILES string of the molecule is CCC(/C=N/NC(=O)NCC1CCC(C)CC1)NC. The van der Waals surface area contributed by atoms with Gasteiger partial charge in [0.05, 0.1) is 0 Å². The molecule has 0 aromatic rings. The molecule has 1 fully saturated rings. The van der Waals surface area contributed by atoms with Crippen molar-refractivity contribution in [2.75, 3.05) is 13.6 Å². The van der Waals surface area contributed by atoms with Crippen molar-refractivity contribution in [3.8, 4) is 0 Å². The maximum absolute atomic E-state index is 11.6. The van der Waals surface area contributed by atoms with E-state index in [2.05, 4.69) is 35.0 Å². The number of urea groups is 1. The third-order valence-corrected chi connectivity index (χ3v) is 3.92. The number of carbonyl (C=O) groups excluding carboxylic acids is 1. The molecule has 1 aliphatic carbocycles. The highest BCUT2D eigenvalue weighted by molar-refractivity contribution is 5.75. The van der Waals surface area contributed by atoms with E-state index in [-0.39, 0.29) is 12.1 Å². The van der Waals surface area contributed by atoms with E-state index in [4.69, 9.17) is 0 Å². The van der Waals surface area contributed by atoms with Gasteiger partial charge in [-0.05, 0) is 38.1 Å². The van der Waals surface area contributed by atoms with E-state index in [1.807, 2.05) is 7.05 Å². The second-order valence-corrected chi connectivity index (χ2v) is 5.53. The zero-order valence-corrected chi connectivity index (χ0v) is 12.4. The Labute approximate surface area is 116 Å². The van der Waals surface area contributed by atoms with Crippen molar-refractivity contribution >= 4 is 12.2 Å².